The van der Waals surface area contributed by atoms with Crippen LogP contribution in [-0.2, 0) is 20.7 Å². The van der Waals surface area contributed by atoms with Crippen LogP contribution in [0.5, 0.6) is 0 Å². The number of benzene rings is 2. The molecule has 29 heavy (non-hydrogen) atoms. The number of halogens is 1. The number of nitrogens with one attached hydrogen (secondary N) is 2. The molecule has 0 aliphatic rings. The van der Waals surface area contributed by atoms with E-state index in [9.17, 15) is 9.59 Å². The highest BCUT2D eigenvalue weighted by atomic mass is 35.5. The minimum atomic E-state index is -0.744. The molecule has 0 saturated carbocycles. The number of carbonyl (C=O) groups excluding carboxylic acids is 2. The van der Waals surface area contributed by atoms with E-state index in [0.717, 1.165) is 22.0 Å². The number of quaternary nitrogens is 1. The molecule has 0 fully saturated rings. The second-order valence-corrected chi connectivity index (χ2v) is 7.42. The third kappa shape index (κ3) is 5.37. The summed E-state index contributed by atoms with van der Waals surface area (Å²) in [4.78, 5) is 27.9. The minimum Gasteiger partial charge on any atom is -0.467 e. The van der Waals surface area contributed by atoms with Gasteiger partial charge in [-0.2, -0.15) is 0 Å². The number of para-hydroxylation sites is 1. The zero-order chi connectivity index (χ0) is 20.8. The van der Waals surface area contributed by atoms with Crippen molar-refractivity contribution in [1.29, 1.82) is 0 Å². The lowest BCUT2D eigenvalue weighted by Gasteiger charge is -2.17. The number of nitrogens with two attached hydrogens (primary N) is 1. The lowest BCUT2D eigenvalue weighted by atomic mass is 10.0. The monoisotopic (exact) mass is 414 g/mol. The van der Waals surface area contributed by atoms with Crippen molar-refractivity contribution in [1.82, 2.24) is 10.3 Å². The molecule has 2 atom stereocenters. The first-order valence-corrected chi connectivity index (χ1v) is 9.86. The largest absolute Gasteiger partial charge is 0.467 e. The van der Waals surface area contributed by atoms with Crippen molar-refractivity contribution in [2.45, 2.75) is 25.4 Å². The highest BCUT2D eigenvalue weighted by Gasteiger charge is 2.24. The Hall–Kier alpha value is -2.83. The van der Waals surface area contributed by atoms with Crippen LogP contribution in [0.1, 0.15) is 24.1 Å². The van der Waals surface area contributed by atoms with E-state index in [1.54, 1.807) is 0 Å². The predicted octanol–water partition coefficient (Wildman–Crippen LogP) is 2.35. The van der Waals surface area contributed by atoms with Crippen LogP contribution in [0.25, 0.3) is 10.9 Å². The maximum Gasteiger partial charge on any atom is 0.328 e. The third-order valence-corrected chi connectivity index (χ3v) is 5.22. The normalized spacial score (nSPS) is 13.1. The molecule has 4 N–H and O–H groups in total. The molecule has 7 heteroatoms. The van der Waals surface area contributed by atoms with E-state index in [-0.39, 0.29) is 18.5 Å². The smallest absolute Gasteiger partial charge is 0.328 e. The first-order chi connectivity index (χ1) is 14.0. The number of fused-ring (bicyclic) bond motifs is 1. The van der Waals surface area contributed by atoms with Crippen molar-refractivity contribution in [3.8, 4) is 0 Å². The summed E-state index contributed by atoms with van der Waals surface area (Å²) >= 11 is 5.92. The van der Waals surface area contributed by atoms with Crippen molar-refractivity contribution in [3.05, 3.63) is 70.9 Å². The minimum absolute atomic E-state index is 0.0863. The van der Waals surface area contributed by atoms with Crippen LogP contribution >= 0.6 is 11.6 Å². The van der Waals surface area contributed by atoms with Gasteiger partial charge in [-0.25, -0.2) is 4.79 Å². The van der Waals surface area contributed by atoms with Crippen LogP contribution in [0.2, 0.25) is 5.02 Å². The average Bonchev–Trinajstić information content (AvgIpc) is 3.14. The Kier molecular flexibility index (Phi) is 6.90. The maximum absolute atomic E-state index is 12.5. The summed E-state index contributed by atoms with van der Waals surface area (Å²) in [5, 5.41) is 6.43. The van der Waals surface area contributed by atoms with Crippen LogP contribution in [0.4, 0.5) is 0 Å². The van der Waals surface area contributed by atoms with Gasteiger partial charge in [-0.3, -0.25) is 4.79 Å². The van der Waals surface area contributed by atoms with Gasteiger partial charge in [0.2, 0.25) is 0 Å². The quantitative estimate of drug-likeness (QED) is 0.494. The molecule has 3 aromatic rings. The van der Waals surface area contributed by atoms with E-state index < -0.39 is 12.0 Å². The summed E-state index contributed by atoms with van der Waals surface area (Å²) < 4.78 is 4.89. The van der Waals surface area contributed by atoms with Crippen LogP contribution in [0, 0.1) is 0 Å². The number of rotatable bonds is 8. The molecule has 1 heterocycles. The van der Waals surface area contributed by atoms with E-state index >= 15 is 0 Å². The Labute approximate surface area is 174 Å². The van der Waals surface area contributed by atoms with Gasteiger partial charge in [-0.1, -0.05) is 41.9 Å². The number of methoxy groups -OCH3 is 1. The van der Waals surface area contributed by atoms with Gasteiger partial charge in [0.05, 0.1) is 7.11 Å². The number of aromatic nitrogens is 1. The summed E-state index contributed by atoms with van der Waals surface area (Å²) in [7, 11) is 1.32. The Morgan fingerprint density at radius 1 is 1.17 bits per heavy atom. The molecular formula is C22H25ClN3O3+. The zero-order valence-electron chi connectivity index (χ0n) is 16.4. The number of hydrogen-bond donors (Lipinski definition) is 3. The molecule has 0 spiro atoms. The summed E-state index contributed by atoms with van der Waals surface area (Å²) in [5.41, 5.74) is 3.02. The first kappa shape index (κ1) is 20.9. The fraction of sp³-hybridized carbons (Fsp3) is 0.273. The molecule has 152 valence electrons. The van der Waals surface area contributed by atoms with Gasteiger partial charge >= 0.3 is 5.97 Å². The van der Waals surface area contributed by atoms with Gasteiger partial charge < -0.3 is 20.4 Å². The maximum atomic E-state index is 12.5. The molecule has 0 aliphatic heterocycles. The molecule has 0 saturated heterocycles. The van der Waals surface area contributed by atoms with E-state index in [1.807, 2.05) is 67.0 Å². The van der Waals surface area contributed by atoms with Crippen molar-refractivity contribution in [2.75, 3.05) is 13.7 Å². The molecule has 0 unspecified atom stereocenters. The van der Waals surface area contributed by atoms with Crippen molar-refractivity contribution < 1.29 is 19.6 Å². The van der Waals surface area contributed by atoms with Gasteiger partial charge in [0, 0.05) is 34.1 Å². The molecule has 0 radical (unpaired) electrons. The highest BCUT2D eigenvalue weighted by molar-refractivity contribution is 6.30. The summed E-state index contributed by atoms with van der Waals surface area (Å²) in [6.45, 7) is 2.21. The fourth-order valence-electron chi connectivity index (χ4n) is 3.30. The topological polar surface area (TPSA) is 87.8 Å². The molecule has 0 aliphatic carbocycles. The van der Waals surface area contributed by atoms with E-state index in [2.05, 4.69) is 10.3 Å². The number of hydrogen-bond acceptors (Lipinski definition) is 3. The Morgan fingerprint density at radius 3 is 2.62 bits per heavy atom. The van der Waals surface area contributed by atoms with E-state index in [1.165, 1.54) is 7.11 Å². The zero-order valence-corrected chi connectivity index (χ0v) is 17.2. The molecule has 6 nitrogen and oxygen atoms in total. The van der Waals surface area contributed by atoms with E-state index in [4.69, 9.17) is 16.3 Å². The standard InChI is InChI=1S/C22H24ClN3O3/c1-14(15-7-9-17(23)10-8-15)24-13-21(27)26-20(22(28)29-2)11-16-12-25-19-6-4-3-5-18(16)19/h3-10,12,14,20,24-25H,11,13H2,1-2H3,(H,26,27)/p+1/t14-,20+/m1/s1. The van der Waals surface area contributed by atoms with Crippen molar-refractivity contribution in [3.63, 3.8) is 0 Å². The summed E-state index contributed by atoms with van der Waals surface area (Å²) in [5.74, 6) is -0.685. The number of aromatic amines is 1. The highest BCUT2D eigenvalue weighted by Crippen LogP contribution is 2.19. The van der Waals surface area contributed by atoms with E-state index in [0.29, 0.717) is 11.4 Å². The van der Waals surface area contributed by atoms with Crippen LogP contribution in [0.15, 0.2) is 54.7 Å². The molecular weight excluding hydrogens is 390 g/mol. The molecule has 0 bridgehead atoms. The molecule has 1 aromatic heterocycles. The number of ether oxygens (including phenoxy) is 1. The molecule has 1 amide bonds. The Bertz CT molecular complexity index is 984. The summed E-state index contributed by atoms with van der Waals surface area (Å²) in [6.07, 6.45) is 2.22. The summed E-state index contributed by atoms with van der Waals surface area (Å²) in [6, 6.07) is 14.7. The van der Waals surface area contributed by atoms with Gasteiger partial charge in [0.1, 0.15) is 12.1 Å². The van der Waals surface area contributed by atoms with Crippen LogP contribution in [-0.4, -0.2) is 36.6 Å². The second-order valence-electron chi connectivity index (χ2n) is 6.99. The SMILES string of the molecule is COC(=O)[C@H](Cc1c[nH]c2ccccc12)NC(=O)C[NH2+][C@H](C)c1ccc(Cl)cc1. The lowest BCUT2D eigenvalue weighted by molar-refractivity contribution is -0.682. The van der Waals surface area contributed by atoms with Crippen LogP contribution < -0.4 is 10.6 Å². The second kappa shape index (κ2) is 9.58. The number of carbonyl (C=O) groups is 2. The van der Waals surface area contributed by atoms with Crippen molar-refractivity contribution in [2.24, 2.45) is 0 Å². The lowest BCUT2D eigenvalue weighted by Crippen LogP contribution is -2.87. The third-order valence-electron chi connectivity index (χ3n) is 4.97. The Morgan fingerprint density at radius 2 is 1.90 bits per heavy atom. The van der Waals surface area contributed by atoms with Crippen molar-refractivity contribution >= 4 is 34.4 Å². The van der Waals surface area contributed by atoms with Gasteiger partial charge in [0.15, 0.2) is 6.54 Å². The number of H-pyrrole nitrogens is 1. The first-order valence-electron chi connectivity index (χ1n) is 9.49. The fourth-order valence-corrected chi connectivity index (χ4v) is 3.42. The van der Waals surface area contributed by atoms with Gasteiger partial charge in [-0.05, 0) is 30.7 Å². The van der Waals surface area contributed by atoms with Crippen LogP contribution in [0.3, 0.4) is 0 Å². The number of amides is 1. The average molecular weight is 415 g/mol. The molecule has 2 aromatic carbocycles. The van der Waals surface area contributed by atoms with Gasteiger partial charge in [0.25, 0.3) is 5.91 Å². The number of esters is 1. The Balaban J connectivity index is 1.61. The van der Waals surface area contributed by atoms with Gasteiger partial charge in [-0.15, -0.1) is 0 Å². The molecule has 3 rings (SSSR count). The predicted molar refractivity (Wildman–Crippen MR) is 113 cm³/mol.